The monoisotopic (exact) mass is 446 g/mol. The van der Waals surface area contributed by atoms with Gasteiger partial charge in [0.05, 0.1) is 20.8 Å². The van der Waals surface area contributed by atoms with Crippen LogP contribution in [0.1, 0.15) is 26.7 Å². The molecule has 1 atom stereocenters. The van der Waals surface area contributed by atoms with Crippen molar-refractivity contribution >= 4 is 11.6 Å². The van der Waals surface area contributed by atoms with E-state index in [1.54, 1.807) is 14.2 Å². The number of likely N-dealkylation sites (N-methyl/N-ethyl adjacent to an activating group) is 1. The second-order valence-electron chi connectivity index (χ2n) is 8.88. The van der Waals surface area contributed by atoms with Gasteiger partial charge in [-0.25, -0.2) is 0 Å². The van der Waals surface area contributed by atoms with Crippen molar-refractivity contribution in [2.24, 2.45) is 4.99 Å². The van der Waals surface area contributed by atoms with E-state index in [0.717, 1.165) is 88.3 Å². The van der Waals surface area contributed by atoms with Gasteiger partial charge in [-0.3, -0.25) is 9.89 Å². The van der Waals surface area contributed by atoms with Gasteiger partial charge in [0.25, 0.3) is 0 Å². The van der Waals surface area contributed by atoms with Crippen LogP contribution in [0.3, 0.4) is 0 Å². The molecule has 3 rings (SSSR count). The molecule has 0 aliphatic carbocycles. The van der Waals surface area contributed by atoms with Gasteiger partial charge < -0.3 is 29.9 Å². The normalized spacial score (nSPS) is 20.2. The maximum Gasteiger partial charge on any atom is 0.191 e. The molecule has 2 saturated heterocycles. The lowest BCUT2D eigenvalue weighted by Gasteiger charge is -2.36. The largest absolute Gasteiger partial charge is 0.497 e. The highest BCUT2D eigenvalue weighted by Crippen LogP contribution is 2.30. The summed E-state index contributed by atoms with van der Waals surface area (Å²) in [5.41, 5.74) is 1.15. The van der Waals surface area contributed by atoms with Crippen LogP contribution in [0.4, 0.5) is 5.69 Å². The summed E-state index contributed by atoms with van der Waals surface area (Å²) in [4.78, 5) is 12.3. The van der Waals surface area contributed by atoms with Gasteiger partial charge in [-0.05, 0) is 33.7 Å². The number of ether oxygens (including phenoxy) is 2. The van der Waals surface area contributed by atoms with E-state index in [2.05, 4.69) is 58.4 Å². The first-order chi connectivity index (χ1) is 15.5. The Bertz CT molecular complexity index is 705. The molecule has 32 heavy (non-hydrogen) atoms. The third kappa shape index (κ3) is 6.90. The molecule has 1 unspecified atom stereocenters. The Balaban J connectivity index is 1.52. The molecule has 8 heteroatoms. The van der Waals surface area contributed by atoms with Crippen LogP contribution in [-0.2, 0) is 0 Å². The van der Waals surface area contributed by atoms with Crippen molar-refractivity contribution in [2.75, 3.05) is 78.5 Å². The summed E-state index contributed by atoms with van der Waals surface area (Å²) >= 11 is 0. The highest BCUT2D eigenvalue weighted by Gasteiger charge is 2.22. The number of aliphatic imine (C=N–C) groups is 1. The minimum Gasteiger partial charge on any atom is -0.497 e. The number of hydrogen-bond acceptors (Lipinski definition) is 6. The lowest BCUT2D eigenvalue weighted by molar-refractivity contribution is 0.122. The van der Waals surface area contributed by atoms with Crippen LogP contribution in [0.2, 0.25) is 0 Å². The van der Waals surface area contributed by atoms with Gasteiger partial charge in [0.2, 0.25) is 0 Å². The molecule has 0 saturated carbocycles. The van der Waals surface area contributed by atoms with Crippen molar-refractivity contribution in [3.63, 3.8) is 0 Å². The molecular weight excluding hydrogens is 404 g/mol. The number of hydrogen-bond donors (Lipinski definition) is 2. The van der Waals surface area contributed by atoms with Gasteiger partial charge in [0, 0.05) is 81.8 Å². The van der Waals surface area contributed by atoms with Crippen LogP contribution in [0.25, 0.3) is 0 Å². The third-order valence-corrected chi connectivity index (χ3v) is 6.56. The summed E-state index contributed by atoms with van der Waals surface area (Å²) in [6.45, 7) is 12.6. The molecule has 2 heterocycles. The molecule has 0 amide bonds. The summed E-state index contributed by atoms with van der Waals surface area (Å²) in [7, 11) is 5.59. The average Bonchev–Trinajstić information content (AvgIpc) is 2.83. The number of nitrogens with one attached hydrogen (secondary N) is 2. The van der Waals surface area contributed by atoms with Gasteiger partial charge in [0.15, 0.2) is 5.96 Å². The van der Waals surface area contributed by atoms with Gasteiger partial charge in [-0.15, -0.1) is 0 Å². The molecule has 0 bridgehead atoms. The molecule has 2 aliphatic heterocycles. The molecule has 0 aromatic heterocycles. The van der Waals surface area contributed by atoms with Gasteiger partial charge in [-0.1, -0.05) is 0 Å². The fraction of sp³-hybridized carbons (Fsp3) is 0.708. The van der Waals surface area contributed by atoms with Crippen LogP contribution < -0.4 is 25.0 Å². The Morgan fingerprint density at radius 2 is 1.66 bits per heavy atom. The lowest BCUT2D eigenvalue weighted by Crippen LogP contribution is -2.50. The number of rotatable bonds is 8. The minimum atomic E-state index is 0.426. The fourth-order valence-electron chi connectivity index (χ4n) is 4.37. The van der Waals surface area contributed by atoms with E-state index >= 15 is 0 Å². The Morgan fingerprint density at radius 3 is 2.22 bits per heavy atom. The number of anilines is 1. The van der Waals surface area contributed by atoms with E-state index in [1.165, 1.54) is 0 Å². The highest BCUT2D eigenvalue weighted by atomic mass is 16.5. The fourth-order valence-corrected chi connectivity index (χ4v) is 4.37. The van der Waals surface area contributed by atoms with Crippen molar-refractivity contribution in [3.8, 4) is 11.5 Å². The predicted octanol–water partition coefficient (Wildman–Crippen LogP) is 1.86. The average molecular weight is 447 g/mol. The minimum absolute atomic E-state index is 0.426. The number of piperazine rings is 1. The summed E-state index contributed by atoms with van der Waals surface area (Å²) in [5, 5.41) is 7.11. The standard InChI is InChI=1S/C24H42N6O2/c1-6-25-24(26-18-19(2)29-13-11-28(3)12-14-29)27-20-7-9-30(10-8-20)21-15-22(31-4)17-23(16-21)32-5/h15-17,19-20H,6-14,18H2,1-5H3,(H2,25,26,27). The van der Waals surface area contributed by atoms with Crippen molar-refractivity contribution < 1.29 is 9.47 Å². The van der Waals surface area contributed by atoms with E-state index in [4.69, 9.17) is 14.5 Å². The molecule has 2 N–H and O–H groups in total. The lowest BCUT2D eigenvalue weighted by atomic mass is 10.0. The summed E-state index contributed by atoms with van der Waals surface area (Å²) in [6, 6.07) is 6.97. The molecule has 2 aliphatic rings. The predicted molar refractivity (Wildman–Crippen MR) is 132 cm³/mol. The molecule has 0 spiro atoms. The molecule has 0 radical (unpaired) electrons. The Kier molecular flexibility index (Phi) is 9.29. The van der Waals surface area contributed by atoms with E-state index in [0.29, 0.717) is 12.1 Å². The summed E-state index contributed by atoms with van der Waals surface area (Å²) < 4.78 is 10.9. The van der Waals surface area contributed by atoms with Crippen LogP contribution in [-0.4, -0.2) is 101 Å². The number of guanidine groups is 1. The number of methoxy groups -OCH3 is 2. The first kappa shape index (κ1) is 24.5. The second kappa shape index (κ2) is 12.2. The van der Waals surface area contributed by atoms with Crippen LogP contribution >= 0.6 is 0 Å². The number of benzene rings is 1. The first-order valence-corrected chi connectivity index (χ1v) is 12.0. The van der Waals surface area contributed by atoms with E-state index in [1.807, 2.05) is 6.07 Å². The van der Waals surface area contributed by atoms with Gasteiger partial charge >= 0.3 is 0 Å². The van der Waals surface area contributed by atoms with E-state index in [9.17, 15) is 0 Å². The molecular formula is C24H42N6O2. The highest BCUT2D eigenvalue weighted by molar-refractivity contribution is 5.80. The Hall–Kier alpha value is -2.19. The van der Waals surface area contributed by atoms with Crippen molar-refractivity contribution in [1.82, 2.24) is 20.4 Å². The zero-order valence-electron chi connectivity index (χ0n) is 20.6. The maximum absolute atomic E-state index is 5.44. The van der Waals surface area contributed by atoms with E-state index in [-0.39, 0.29) is 0 Å². The van der Waals surface area contributed by atoms with Crippen LogP contribution in [0, 0.1) is 0 Å². The topological polar surface area (TPSA) is 64.6 Å². The number of nitrogens with zero attached hydrogens (tertiary/aromatic N) is 4. The zero-order valence-corrected chi connectivity index (χ0v) is 20.6. The van der Waals surface area contributed by atoms with Crippen molar-refractivity contribution in [1.29, 1.82) is 0 Å². The molecule has 2 fully saturated rings. The van der Waals surface area contributed by atoms with Gasteiger partial charge in [0.1, 0.15) is 11.5 Å². The third-order valence-electron chi connectivity index (χ3n) is 6.56. The van der Waals surface area contributed by atoms with Crippen molar-refractivity contribution in [2.45, 2.75) is 38.8 Å². The van der Waals surface area contributed by atoms with Crippen molar-refractivity contribution in [3.05, 3.63) is 18.2 Å². The SMILES string of the molecule is CCNC(=NCC(C)N1CCN(C)CC1)NC1CCN(c2cc(OC)cc(OC)c2)CC1. The summed E-state index contributed by atoms with van der Waals surface area (Å²) in [6.07, 6.45) is 2.13. The Morgan fingerprint density at radius 1 is 1.03 bits per heavy atom. The molecule has 1 aromatic rings. The molecule has 8 nitrogen and oxygen atoms in total. The molecule has 1 aromatic carbocycles. The first-order valence-electron chi connectivity index (χ1n) is 12.0. The van der Waals surface area contributed by atoms with E-state index < -0.39 is 0 Å². The zero-order chi connectivity index (χ0) is 22.9. The van der Waals surface area contributed by atoms with Crippen LogP contribution in [0.5, 0.6) is 11.5 Å². The number of piperidine rings is 1. The quantitative estimate of drug-likeness (QED) is 0.467. The molecule has 180 valence electrons. The van der Waals surface area contributed by atoms with Crippen LogP contribution in [0.15, 0.2) is 23.2 Å². The smallest absolute Gasteiger partial charge is 0.191 e. The van der Waals surface area contributed by atoms with Gasteiger partial charge in [-0.2, -0.15) is 0 Å². The summed E-state index contributed by atoms with van der Waals surface area (Å²) in [5.74, 6) is 2.60. The Labute approximate surface area is 193 Å². The maximum atomic E-state index is 5.44. The second-order valence-corrected chi connectivity index (χ2v) is 8.88.